The molecule has 0 bridgehead atoms. The molecule has 0 aromatic carbocycles. The van der Waals surface area contributed by atoms with Gasteiger partial charge in [0.1, 0.15) is 12.3 Å². The van der Waals surface area contributed by atoms with E-state index in [1.165, 1.54) is 6.21 Å². The summed E-state index contributed by atoms with van der Waals surface area (Å²) in [6.45, 7) is 2.41. The molecule has 5 rings (SSSR count). The largest absolute Gasteiger partial charge is 0.350 e. The van der Waals surface area contributed by atoms with Gasteiger partial charge in [-0.15, -0.1) is 0 Å². The number of fused-ring (bicyclic) bond motifs is 1. The van der Waals surface area contributed by atoms with E-state index in [0.29, 0.717) is 45.4 Å². The highest BCUT2D eigenvalue weighted by molar-refractivity contribution is 5.81. The Kier molecular flexibility index (Phi) is 8.14. The molecule has 0 aromatic rings. The van der Waals surface area contributed by atoms with Crippen LogP contribution in [0.15, 0.2) is 4.99 Å². The van der Waals surface area contributed by atoms with Crippen molar-refractivity contribution in [2.24, 2.45) is 27.8 Å². The standard InChI is InChI=1S/C26H43F2N7O2/c27-16-10-26(6-2-1-3-7-26)11-19(32-12-16)22(24(29)30)25(37)33-20-14-31-13-18(28)23(20)34-8-9-35-17(15-34)4-5-21(35)36/h12,16-20,22-24,31H,1-11,13-15,29-30H2,(H,33,37)/t16?,17-,18?,19?,20?,22?,23?/m1/s1. The number of amides is 2. The van der Waals surface area contributed by atoms with Crippen LogP contribution in [0.3, 0.4) is 0 Å². The summed E-state index contributed by atoms with van der Waals surface area (Å²) >= 11 is 0. The Labute approximate surface area is 218 Å². The van der Waals surface area contributed by atoms with E-state index in [0.717, 1.165) is 38.5 Å². The van der Waals surface area contributed by atoms with Gasteiger partial charge >= 0.3 is 0 Å². The number of carbonyl (C=O) groups excluding carboxylic acids is 2. The number of halogens is 2. The van der Waals surface area contributed by atoms with Crippen LogP contribution in [0.5, 0.6) is 0 Å². The molecular formula is C26H43F2N7O2. The average molecular weight is 524 g/mol. The molecule has 0 aromatic heterocycles. The second-order valence-electron chi connectivity index (χ2n) is 12.0. The van der Waals surface area contributed by atoms with E-state index in [2.05, 4.69) is 20.5 Å². The van der Waals surface area contributed by atoms with E-state index in [4.69, 9.17) is 11.5 Å². The molecule has 37 heavy (non-hydrogen) atoms. The van der Waals surface area contributed by atoms with Crippen molar-refractivity contribution in [3.63, 3.8) is 0 Å². The Hall–Kier alpha value is -1.69. The fraction of sp³-hybridized carbons (Fsp3) is 0.885. The number of hydrogen-bond acceptors (Lipinski definition) is 7. The first-order valence-electron chi connectivity index (χ1n) is 14.1. The minimum Gasteiger partial charge on any atom is -0.350 e. The molecule has 9 nitrogen and oxygen atoms in total. The molecule has 6 N–H and O–H groups in total. The summed E-state index contributed by atoms with van der Waals surface area (Å²) in [6, 6.07) is -1.39. The van der Waals surface area contributed by atoms with Gasteiger partial charge in [-0.25, -0.2) is 8.78 Å². The maximum absolute atomic E-state index is 15.4. The first-order chi connectivity index (χ1) is 17.8. The normalized spacial score (nSPS) is 37.4. The van der Waals surface area contributed by atoms with Crippen LogP contribution in [0.25, 0.3) is 0 Å². The zero-order chi connectivity index (χ0) is 26.2. The Balaban J connectivity index is 1.31. The second-order valence-corrected chi connectivity index (χ2v) is 12.0. The van der Waals surface area contributed by atoms with Crippen LogP contribution in [-0.2, 0) is 9.59 Å². The molecule has 208 valence electrons. The molecule has 3 saturated heterocycles. The van der Waals surface area contributed by atoms with Crippen molar-refractivity contribution in [2.45, 2.75) is 100 Å². The maximum Gasteiger partial charge on any atom is 0.228 e. The Morgan fingerprint density at radius 1 is 1.16 bits per heavy atom. The van der Waals surface area contributed by atoms with Gasteiger partial charge in [0.05, 0.1) is 30.2 Å². The molecule has 1 aliphatic carbocycles. The smallest absolute Gasteiger partial charge is 0.228 e. The summed E-state index contributed by atoms with van der Waals surface area (Å²) in [5.41, 5.74) is 12.1. The van der Waals surface area contributed by atoms with Crippen LogP contribution in [0.4, 0.5) is 8.78 Å². The Bertz CT molecular complexity index is 868. The summed E-state index contributed by atoms with van der Waals surface area (Å²) in [7, 11) is 0. The first-order valence-corrected chi connectivity index (χ1v) is 14.1. The number of nitrogens with two attached hydrogens (primary N) is 2. The Morgan fingerprint density at radius 3 is 2.70 bits per heavy atom. The molecule has 4 fully saturated rings. The van der Waals surface area contributed by atoms with E-state index in [1.807, 2.05) is 4.90 Å². The lowest BCUT2D eigenvalue weighted by Crippen LogP contribution is -2.69. The van der Waals surface area contributed by atoms with Crippen LogP contribution in [-0.4, -0.2) is 103 Å². The highest BCUT2D eigenvalue weighted by Crippen LogP contribution is 2.46. The predicted molar refractivity (Wildman–Crippen MR) is 137 cm³/mol. The summed E-state index contributed by atoms with van der Waals surface area (Å²) in [4.78, 5) is 34.3. The average Bonchev–Trinajstić information content (AvgIpc) is 3.15. The molecule has 0 radical (unpaired) electrons. The third-order valence-corrected chi connectivity index (χ3v) is 9.52. The number of nitrogens with one attached hydrogen (secondary N) is 2. The number of rotatable bonds is 5. The van der Waals surface area contributed by atoms with Crippen molar-refractivity contribution in [1.82, 2.24) is 20.4 Å². The number of piperazine rings is 1. The molecule has 11 heteroatoms. The predicted octanol–water partition coefficient (Wildman–Crippen LogP) is 0.469. The van der Waals surface area contributed by atoms with Gasteiger partial charge in [0, 0.05) is 51.4 Å². The number of aliphatic imine (C=N–C) groups is 1. The third kappa shape index (κ3) is 5.69. The van der Waals surface area contributed by atoms with Gasteiger partial charge in [0.15, 0.2) is 0 Å². The van der Waals surface area contributed by atoms with E-state index in [-0.39, 0.29) is 29.8 Å². The third-order valence-electron chi connectivity index (χ3n) is 9.52. The fourth-order valence-corrected chi connectivity index (χ4v) is 7.71. The molecule has 2 amide bonds. The number of alkyl halides is 2. The monoisotopic (exact) mass is 523 g/mol. The molecule has 7 atom stereocenters. The lowest BCUT2D eigenvalue weighted by molar-refractivity contribution is -0.131. The summed E-state index contributed by atoms with van der Waals surface area (Å²) in [6.07, 6.45) is 5.51. The highest BCUT2D eigenvalue weighted by Gasteiger charge is 2.46. The summed E-state index contributed by atoms with van der Waals surface area (Å²) in [5, 5.41) is 6.18. The van der Waals surface area contributed by atoms with Crippen LogP contribution in [0, 0.1) is 11.3 Å². The minimum atomic E-state index is -1.17. The van der Waals surface area contributed by atoms with E-state index >= 15 is 4.39 Å². The highest BCUT2D eigenvalue weighted by atomic mass is 19.1. The summed E-state index contributed by atoms with van der Waals surface area (Å²) in [5.74, 6) is -1.00. The minimum absolute atomic E-state index is 0.102. The van der Waals surface area contributed by atoms with Crippen molar-refractivity contribution in [2.75, 3.05) is 32.7 Å². The molecular weight excluding hydrogens is 480 g/mol. The van der Waals surface area contributed by atoms with Crippen molar-refractivity contribution >= 4 is 18.0 Å². The zero-order valence-corrected chi connectivity index (χ0v) is 21.7. The van der Waals surface area contributed by atoms with Crippen molar-refractivity contribution in [3.8, 4) is 0 Å². The number of hydrogen-bond donors (Lipinski definition) is 4. The molecule has 5 aliphatic rings. The van der Waals surface area contributed by atoms with Crippen LogP contribution in [0.2, 0.25) is 0 Å². The van der Waals surface area contributed by atoms with Crippen molar-refractivity contribution in [3.05, 3.63) is 0 Å². The van der Waals surface area contributed by atoms with Gasteiger partial charge in [0.25, 0.3) is 0 Å². The van der Waals surface area contributed by atoms with Gasteiger partial charge in [-0.1, -0.05) is 19.3 Å². The molecule has 1 saturated carbocycles. The van der Waals surface area contributed by atoms with Gasteiger partial charge in [-0.05, 0) is 37.5 Å². The van der Waals surface area contributed by atoms with E-state index in [1.54, 1.807) is 0 Å². The van der Waals surface area contributed by atoms with Crippen LogP contribution in [0.1, 0.15) is 57.8 Å². The molecule has 1 spiro atoms. The lowest BCUT2D eigenvalue weighted by Gasteiger charge is -2.47. The number of carbonyl (C=O) groups is 2. The topological polar surface area (TPSA) is 129 Å². The molecule has 4 heterocycles. The molecule has 6 unspecified atom stereocenters. The van der Waals surface area contributed by atoms with Gasteiger partial charge in [0.2, 0.25) is 11.8 Å². The number of piperidine rings is 1. The van der Waals surface area contributed by atoms with Crippen LogP contribution >= 0.6 is 0 Å². The SMILES string of the molecule is NC(N)C(C(=O)NC1CNCC(F)C1N1CCN2C(=O)CC[C@@H]2C1)C1CC2(CCCCC2)CC(F)C=N1. The second kappa shape index (κ2) is 11.2. The quantitative estimate of drug-likeness (QED) is 0.388. The fourth-order valence-electron chi connectivity index (χ4n) is 7.71. The number of nitrogens with zero attached hydrogens (tertiary/aromatic N) is 3. The maximum atomic E-state index is 15.4. The lowest BCUT2D eigenvalue weighted by atomic mass is 9.66. The van der Waals surface area contributed by atoms with Crippen LogP contribution < -0.4 is 22.1 Å². The Morgan fingerprint density at radius 2 is 1.95 bits per heavy atom. The zero-order valence-electron chi connectivity index (χ0n) is 21.7. The summed E-state index contributed by atoms with van der Waals surface area (Å²) < 4.78 is 30.1. The van der Waals surface area contributed by atoms with Gasteiger partial charge in [-0.2, -0.15) is 0 Å². The van der Waals surface area contributed by atoms with Crippen molar-refractivity contribution in [1.29, 1.82) is 0 Å². The van der Waals surface area contributed by atoms with Gasteiger partial charge < -0.3 is 27.0 Å². The first kappa shape index (κ1) is 26.9. The van der Waals surface area contributed by atoms with E-state index in [9.17, 15) is 14.0 Å². The molecule has 4 aliphatic heterocycles. The van der Waals surface area contributed by atoms with Crippen molar-refractivity contribution < 1.29 is 18.4 Å². The van der Waals surface area contributed by atoms with E-state index < -0.39 is 42.6 Å². The van der Waals surface area contributed by atoms with Gasteiger partial charge in [-0.3, -0.25) is 19.5 Å².